The van der Waals surface area contributed by atoms with Crippen LogP contribution in [0.5, 0.6) is 0 Å². The van der Waals surface area contributed by atoms with Gasteiger partial charge in [0.15, 0.2) is 0 Å². The van der Waals surface area contributed by atoms with E-state index in [1.54, 1.807) is 11.3 Å². The number of nitrogens with two attached hydrogens (primary N) is 1. The predicted molar refractivity (Wildman–Crippen MR) is 78.2 cm³/mol. The number of hydrogen-bond donors (Lipinski definition) is 2. The van der Waals surface area contributed by atoms with Gasteiger partial charge < -0.3 is 15.8 Å². The van der Waals surface area contributed by atoms with Crippen LogP contribution >= 0.6 is 11.3 Å². The highest BCUT2D eigenvalue weighted by Crippen LogP contribution is 2.29. The smallest absolute Gasteiger partial charge is 0.239 e. The molecule has 1 aromatic heterocycles. The summed E-state index contributed by atoms with van der Waals surface area (Å²) in [5, 5.41) is 4.11. The third-order valence-electron chi connectivity index (χ3n) is 2.91. The Balaban J connectivity index is 2.07. The Morgan fingerprint density at radius 3 is 2.89 bits per heavy atom. The number of thiophene rings is 1. The molecule has 0 spiro atoms. The van der Waals surface area contributed by atoms with Crippen LogP contribution in [0.4, 0.5) is 0 Å². The highest BCUT2D eigenvalue weighted by Gasteiger charge is 2.17. The molecule has 102 valence electrons. The largest absolute Gasteiger partial charge is 0.383 e. The monoisotopic (exact) mass is 278 g/mol. The zero-order chi connectivity index (χ0) is 13.8. The van der Waals surface area contributed by atoms with Crippen molar-refractivity contribution in [1.29, 1.82) is 0 Å². The van der Waals surface area contributed by atoms with Crippen LogP contribution in [0.2, 0.25) is 0 Å². The molecular weight excluding hydrogens is 260 g/mol. The summed E-state index contributed by atoms with van der Waals surface area (Å²) in [4.78, 5) is 12.9. The summed E-state index contributed by atoms with van der Waals surface area (Å²) in [6.07, 6.45) is 0. The fraction of sp³-hybridized carbons (Fsp3) is 0.357. The van der Waals surface area contributed by atoms with Gasteiger partial charge in [-0.05, 0) is 24.4 Å². The van der Waals surface area contributed by atoms with Gasteiger partial charge in [-0.25, -0.2) is 0 Å². The summed E-state index contributed by atoms with van der Waals surface area (Å²) in [6, 6.07) is 9.61. The molecule has 2 unspecified atom stereocenters. The standard InChI is InChI=1S/C14H18N2O2S/c1-9(16-14(17)11(15)8-18-2)13-7-10-5-3-4-6-12(10)19-13/h3-7,9,11H,8,15H2,1-2H3,(H,16,17). The molecule has 0 fully saturated rings. The summed E-state index contributed by atoms with van der Waals surface area (Å²) in [5.41, 5.74) is 5.70. The number of ether oxygens (including phenoxy) is 1. The minimum atomic E-state index is -0.623. The van der Waals surface area contributed by atoms with E-state index < -0.39 is 6.04 Å². The molecule has 1 aromatic carbocycles. The summed E-state index contributed by atoms with van der Waals surface area (Å²) in [5.74, 6) is -0.188. The van der Waals surface area contributed by atoms with Crippen molar-refractivity contribution in [3.8, 4) is 0 Å². The van der Waals surface area contributed by atoms with Gasteiger partial charge in [0.05, 0.1) is 12.6 Å². The van der Waals surface area contributed by atoms with Crippen LogP contribution in [0.25, 0.3) is 10.1 Å². The third kappa shape index (κ3) is 3.32. The van der Waals surface area contributed by atoms with Gasteiger partial charge in [-0.2, -0.15) is 0 Å². The van der Waals surface area contributed by atoms with Gasteiger partial charge in [-0.15, -0.1) is 11.3 Å². The van der Waals surface area contributed by atoms with Crippen molar-refractivity contribution < 1.29 is 9.53 Å². The van der Waals surface area contributed by atoms with E-state index in [1.165, 1.54) is 17.2 Å². The van der Waals surface area contributed by atoms with Crippen molar-refractivity contribution in [1.82, 2.24) is 5.32 Å². The molecule has 0 aliphatic heterocycles. The lowest BCUT2D eigenvalue weighted by molar-refractivity contribution is -0.124. The number of nitrogens with one attached hydrogen (secondary N) is 1. The van der Waals surface area contributed by atoms with Gasteiger partial charge in [0, 0.05) is 16.7 Å². The van der Waals surface area contributed by atoms with Crippen molar-refractivity contribution >= 4 is 27.3 Å². The second-order valence-electron chi connectivity index (χ2n) is 4.48. The lowest BCUT2D eigenvalue weighted by atomic mass is 10.2. The number of benzene rings is 1. The molecule has 2 rings (SSSR count). The molecule has 2 atom stereocenters. The van der Waals surface area contributed by atoms with Crippen molar-refractivity contribution in [2.24, 2.45) is 5.73 Å². The fourth-order valence-corrected chi connectivity index (χ4v) is 2.93. The van der Waals surface area contributed by atoms with Crippen LogP contribution in [-0.2, 0) is 9.53 Å². The number of fused-ring (bicyclic) bond motifs is 1. The Morgan fingerprint density at radius 2 is 2.21 bits per heavy atom. The average molecular weight is 278 g/mol. The molecule has 0 saturated heterocycles. The molecule has 0 aliphatic rings. The number of hydrogen-bond acceptors (Lipinski definition) is 4. The van der Waals surface area contributed by atoms with Crippen LogP contribution in [0, 0.1) is 0 Å². The Morgan fingerprint density at radius 1 is 1.47 bits per heavy atom. The van der Waals surface area contributed by atoms with Crippen molar-refractivity contribution in [3.05, 3.63) is 35.2 Å². The highest BCUT2D eigenvalue weighted by molar-refractivity contribution is 7.19. The highest BCUT2D eigenvalue weighted by atomic mass is 32.1. The number of carbonyl (C=O) groups is 1. The van der Waals surface area contributed by atoms with Gasteiger partial charge in [0.1, 0.15) is 6.04 Å². The average Bonchev–Trinajstić information content (AvgIpc) is 2.82. The predicted octanol–water partition coefficient (Wildman–Crippen LogP) is 2.05. The maximum absolute atomic E-state index is 11.8. The van der Waals surface area contributed by atoms with Gasteiger partial charge in [0.2, 0.25) is 5.91 Å². The normalized spacial score (nSPS) is 14.3. The molecular formula is C14H18N2O2S. The van der Waals surface area contributed by atoms with E-state index in [0.29, 0.717) is 0 Å². The van der Waals surface area contributed by atoms with Gasteiger partial charge in [0.25, 0.3) is 0 Å². The lowest BCUT2D eigenvalue weighted by Gasteiger charge is -2.15. The summed E-state index contributed by atoms with van der Waals surface area (Å²) in [6.45, 7) is 2.19. The second kappa shape index (κ2) is 6.14. The van der Waals surface area contributed by atoms with Crippen molar-refractivity contribution in [3.63, 3.8) is 0 Å². The number of carbonyl (C=O) groups excluding carboxylic acids is 1. The van der Waals surface area contributed by atoms with Crippen LogP contribution in [0.15, 0.2) is 30.3 Å². The van der Waals surface area contributed by atoms with E-state index in [9.17, 15) is 4.79 Å². The van der Waals surface area contributed by atoms with Crippen LogP contribution in [-0.4, -0.2) is 25.7 Å². The quantitative estimate of drug-likeness (QED) is 0.880. The molecule has 0 saturated carbocycles. The van der Waals surface area contributed by atoms with E-state index in [1.807, 2.05) is 19.1 Å². The Kier molecular flexibility index (Phi) is 4.52. The van der Waals surface area contributed by atoms with Gasteiger partial charge in [-0.1, -0.05) is 18.2 Å². The first-order valence-corrected chi connectivity index (χ1v) is 6.97. The zero-order valence-electron chi connectivity index (χ0n) is 11.1. The van der Waals surface area contributed by atoms with Crippen LogP contribution < -0.4 is 11.1 Å². The maximum atomic E-state index is 11.8. The minimum absolute atomic E-state index is 0.0483. The Bertz CT molecular complexity index is 534. The summed E-state index contributed by atoms with van der Waals surface area (Å²) < 4.78 is 6.10. The first kappa shape index (κ1) is 14.0. The van der Waals surface area contributed by atoms with Crippen molar-refractivity contribution in [2.75, 3.05) is 13.7 Å². The fourth-order valence-electron chi connectivity index (χ4n) is 1.86. The summed E-state index contributed by atoms with van der Waals surface area (Å²) >= 11 is 1.69. The first-order valence-electron chi connectivity index (χ1n) is 6.15. The first-order chi connectivity index (χ1) is 9.11. The second-order valence-corrected chi connectivity index (χ2v) is 5.59. The van der Waals surface area contributed by atoms with E-state index >= 15 is 0 Å². The molecule has 0 bridgehead atoms. The van der Waals surface area contributed by atoms with Crippen LogP contribution in [0.1, 0.15) is 17.8 Å². The number of rotatable bonds is 5. The number of amides is 1. The van der Waals surface area contributed by atoms with E-state index in [2.05, 4.69) is 23.5 Å². The van der Waals surface area contributed by atoms with Crippen molar-refractivity contribution in [2.45, 2.75) is 19.0 Å². The zero-order valence-corrected chi connectivity index (χ0v) is 11.9. The third-order valence-corrected chi connectivity index (χ3v) is 4.21. The molecule has 5 heteroatoms. The van der Waals surface area contributed by atoms with E-state index in [4.69, 9.17) is 10.5 Å². The molecule has 0 radical (unpaired) electrons. The maximum Gasteiger partial charge on any atom is 0.239 e. The topological polar surface area (TPSA) is 64.3 Å². The molecule has 0 aliphatic carbocycles. The molecule has 1 heterocycles. The Hall–Kier alpha value is -1.43. The molecule has 3 N–H and O–H groups in total. The van der Waals surface area contributed by atoms with Crippen LogP contribution in [0.3, 0.4) is 0 Å². The van der Waals surface area contributed by atoms with E-state index in [-0.39, 0.29) is 18.6 Å². The lowest BCUT2D eigenvalue weighted by Crippen LogP contribution is -2.44. The molecule has 1 amide bonds. The minimum Gasteiger partial charge on any atom is -0.383 e. The summed E-state index contributed by atoms with van der Waals surface area (Å²) in [7, 11) is 1.53. The molecule has 19 heavy (non-hydrogen) atoms. The van der Waals surface area contributed by atoms with Gasteiger partial charge in [-0.3, -0.25) is 4.79 Å². The number of methoxy groups -OCH3 is 1. The Labute approximate surface area is 116 Å². The van der Waals surface area contributed by atoms with E-state index in [0.717, 1.165) is 4.88 Å². The molecule has 2 aromatic rings. The van der Waals surface area contributed by atoms with Gasteiger partial charge >= 0.3 is 0 Å². The molecule has 4 nitrogen and oxygen atoms in total. The SMILES string of the molecule is COCC(N)C(=O)NC(C)c1cc2ccccc2s1.